The second-order valence-corrected chi connectivity index (χ2v) is 6.93. The molecule has 1 aliphatic carbocycles. The van der Waals surface area contributed by atoms with Gasteiger partial charge in [-0.25, -0.2) is 9.37 Å². The van der Waals surface area contributed by atoms with E-state index in [1.165, 1.54) is 32.1 Å². The van der Waals surface area contributed by atoms with Gasteiger partial charge < -0.3 is 4.98 Å². The van der Waals surface area contributed by atoms with Crippen LogP contribution in [0.2, 0.25) is 0 Å². The molecule has 1 aromatic heterocycles. The van der Waals surface area contributed by atoms with Crippen LogP contribution in [-0.2, 0) is 12.8 Å². The zero-order valence-electron chi connectivity index (χ0n) is 13.1. The number of hydrogen-bond donors (Lipinski definition) is 1. The second kappa shape index (κ2) is 6.17. The number of nitrogens with zero attached hydrogens (tertiary/aromatic N) is 1. The molecule has 0 atom stereocenters. The molecule has 3 rings (SSSR count). The van der Waals surface area contributed by atoms with E-state index in [4.69, 9.17) is 0 Å². The molecule has 0 aliphatic heterocycles. The molecule has 1 saturated carbocycles. The Balaban J connectivity index is 1.97. The van der Waals surface area contributed by atoms with Gasteiger partial charge in [0.15, 0.2) is 0 Å². The van der Waals surface area contributed by atoms with Crippen molar-refractivity contribution in [3.63, 3.8) is 0 Å². The molecule has 114 valence electrons. The third-order valence-corrected chi connectivity index (χ3v) is 4.67. The van der Waals surface area contributed by atoms with E-state index in [1.807, 2.05) is 6.07 Å². The van der Waals surface area contributed by atoms with Gasteiger partial charge in [0.2, 0.25) is 0 Å². The topological polar surface area (TPSA) is 28.7 Å². The fourth-order valence-corrected chi connectivity index (χ4v) is 3.64. The van der Waals surface area contributed by atoms with Gasteiger partial charge in [-0.15, -0.1) is 0 Å². The summed E-state index contributed by atoms with van der Waals surface area (Å²) in [4.78, 5) is 7.53. The number of nitrogens with one attached hydrogen (secondary N) is 1. The summed E-state index contributed by atoms with van der Waals surface area (Å²) in [6.07, 6.45) is 9.72. The lowest BCUT2D eigenvalue weighted by atomic mass is 9.84. The Hall–Kier alpha value is -1.38. The van der Waals surface area contributed by atoms with Crippen LogP contribution < -0.4 is 0 Å². The molecule has 0 spiro atoms. The van der Waals surface area contributed by atoms with Gasteiger partial charge in [0.1, 0.15) is 5.82 Å². The van der Waals surface area contributed by atoms with Crippen LogP contribution in [0.15, 0.2) is 12.4 Å². The van der Waals surface area contributed by atoms with E-state index in [0.717, 1.165) is 35.0 Å². The normalized spacial score (nSPS) is 17.0. The van der Waals surface area contributed by atoms with Gasteiger partial charge >= 0.3 is 0 Å². The summed E-state index contributed by atoms with van der Waals surface area (Å²) in [7, 11) is 0. The molecule has 0 saturated heterocycles. The van der Waals surface area contributed by atoms with Crippen LogP contribution in [0.1, 0.15) is 57.1 Å². The number of hydrogen-bond acceptors (Lipinski definition) is 1. The van der Waals surface area contributed by atoms with Gasteiger partial charge in [-0.1, -0.05) is 46.0 Å². The highest BCUT2D eigenvalue weighted by Crippen LogP contribution is 2.32. The van der Waals surface area contributed by atoms with E-state index in [9.17, 15) is 4.39 Å². The smallest absolute Gasteiger partial charge is 0.131 e. The molecule has 2 aromatic rings. The molecule has 1 fully saturated rings. The van der Waals surface area contributed by atoms with Gasteiger partial charge in [-0.3, -0.25) is 0 Å². The van der Waals surface area contributed by atoms with E-state index < -0.39 is 0 Å². The Morgan fingerprint density at radius 1 is 1.29 bits per heavy atom. The largest absolute Gasteiger partial charge is 0.345 e. The summed E-state index contributed by atoms with van der Waals surface area (Å²) in [5.74, 6) is 1.08. The van der Waals surface area contributed by atoms with E-state index in [1.54, 1.807) is 6.33 Å². The molecule has 21 heavy (non-hydrogen) atoms. The monoisotopic (exact) mass is 288 g/mol. The maximum Gasteiger partial charge on any atom is 0.131 e. The summed E-state index contributed by atoms with van der Waals surface area (Å²) in [5.41, 5.74) is 3.51. The van der Waals surface area contributed by atoms with Gasteiger partial charge in [-0.05, 0) is 36.3 Å². The fourth-order valence-electron chi connectivity index (χ4n) is 3.64. The van der Waals surface area contributed by atoms with Crippen molar-refractivity contribution in [2.24, 2.45) is 11.8 Å². The van der Waals surface area contributed by atoms with Gasteiger partial charge in [0, 0.05) is 5.56 Å². The Labute approximate surface area is 126 Å². The van der Waals surface area contributed by atoms with E-state index in [0.29, 0.717) is 11.8 Å². The van der Waals surface area contributed by atoms with Crippen molar-refractivity contribution in [1.82, 2.24) is 9.97 Å². The molecule has 1 N–H and O–H groups in total. The predicted octanol–water partition coefficient (Wildman–Crippen LogP) is 5.02. The van der Waals surface area contributed by atoms with E-state index in [-0.39, 0.29) is 5.82 Å². The summed E-state index contributed by atoms with van der Waals surface area (Å²) in [6.45, 7) is 4.27. The van der Waals surface area contributed by atoms with Crippen LogP contribution in [0.3, 0.4) is 0 Å². The highest BCUT2D eigenvalue weighted by atomic mass is 19.1. The van der Waals surface area contributed by atoms with Gasteiger partial charge in [0.25, 0.3) is 0 Å². The molecule has 1 heterocycles. The average molecular weight is 288 g/mol. The minimum Gasteiger partial charge on any atom is -0.345 e. The first-order chi connectivity index (χ1) is 10.1. The summed E-state index contributed by atoms with van der Waals surface area (Å²) >= 11 is 0. The van der Waals surface area contributed by atoms with E-state index >= 15 is 0 Å². The third-order valence-electron chi connectivity index (χ3n) is 4.67. The first kappa shape index (κ1) is 14.6. The van der Waals surface area contributed by atoms with Gasteiger partial charge in [0.05, 0.1) is 17.4 Å². The maximum absolute atomic E-state index is 14.9. The van der Waals surface area contributed by atoms with Crippen LogP contribution in [0.25, 0.3) is 11.0 Å². The molecule has 0 radical (unpaired) electrons. The first-order valence-corrected chi connectivity index (χ1v) is 8.28. The van der Waals surface area contributed by atoms with Crippen molar-refractivity contribution in [2.75, 3.05) is 0 Å². The number of imidazole rings is 1. The molecule has 3 heteroatoms. The zero-order chi connectivity index (χ0) is 14.8. The summed E-state index contributed by atoms with van der Waals surface area (Å²) in [5, 5.41) is 0. The highest BCUT2D eigenvalue weighted by Gasteiger charge is 2.21. The van der Waals surface area contributed by atoms with Crippen LogP contribution in [0.4, 0.5) is 4.39 Å². The van der Waals surface area contributed by atoms with Crippen molar-refractivity contribution in [1.29, 1.82) is 0 Å². The lowest BCUT2D eigenvalue weighted by molar-refractivity contribution is 0.353. The fraction of sp³-hybridized carbons (Fsp3) is 0.611. The molecule has 1 aliphatic rings. The zero-order valence-corrected chi connectivity index (χ0v) is 13.1. The number of rotatable bonds is 4. The third kappa shape index (κ3) is 3.12. The lowest BCUT2D eigenvalue weighted by Crippen LogP contribution is -2.12. The van der Waals surface area contributed by atoms with Gasteiger partial charge in [-0.2, -0.15) is 0 Å². The average Bonchev–Trinajstić information content (AvgIpc) is 2.92. The van der Waals surface area contributed by atoms with Crippen molar-refractivity contribution in [3.05, 3.63) is 29.3 Å². The first-order valence-electron chi connectivity index (χ1n) is 8.28. The molecule has 0 bridgehead atoms. The number of aromatic amines is 1. The Kier molecular flexibility index (Phi) is 4.27. The van der Waals surface area contributed by atoms with Crippen LogP contribution >= 0.6 is 0 Å². The Morgan fingerprint density at radius 3 is 2.76 bits per heavy atom. The maximum atomic E-state index is 14.9. The van der Waals surface area contributed by atoms with Crippen molar-refractivity contribution in [2.45, 2.75) is 58.8 Å². The predicted molar refractivity (Wildman–Crippen MR) is 84.9 cm³/mol. The number of benzene rings is 1. The van der Waals surface area contributed by atoms with Crippen molar-refractivity contribution < 1.29 is 4.39 Å². The Bertz CT molecular complexity index is 609. The highest BCUT2D eigenvalue weighted by molar-refractivity contribution is 5.79. The second-order valence-electron chi connectivity index (χ2n) is 6.93. The molecule has 0 unspecified atom stereocenters. The minimum absolute atomic E-state index is 0.00567. The molecule has 1 aromatic carbocycles. The van der Waals surface area contributed by atoms with Crippen LogP contribution in [0, 0.1) is 17.7 Å². The van der Waals surface area contributed by atoms with Crippen molar-refractivity contribution in [3.8, 4) is 0 Å². The standard InChI is InChI=1S/C18H25FN2/c1-12(2)8-14-10-16-18(21-11-20-16)15(17(14)19)9-13-6-4-3-5-7-13/h10-13H,3-9H2,1-2H3,(H,20,21). The molecular formula is C18H25FN2. The quantitative estimate of drug-likeness (QED) is 0.840. The summed E-state index contributed by atoms with van der Waals surface area (Å²) < 4.78 is 14.9. The number of halogens is 1. The number of fused-ring (bicyclic) bond motifs is 1. The summed E-state index contributed by atoms with van der Waals surface area (Å²) in [6, 6.07) is 1.95. The molecule has 2 nitrogen and oxygen atoms in total. The van der Waals surface area contributed by atoms with E-state index in [2.05, 4.69) is 23.8 Å². The minimum atomic E-state index is -0.00567. The van der Waals surface area contributed by atoms with Crippen molar-refractivity contribution >= 4 is 11.0 Å². The van der Waals surface area contributed by atoms with Crippen LogP contribution in [-0.4, -0.2) is 9.97 Å². The molecule has 0 amide bonds. The van der Waals surface area contributed by atoms with Crippen LogP contribution in [0.5, 0.6) is 0 Å². The number of H-pyrrole nitrogens is 1. The lowest BCUT2D eigenvalue weighted by Gasteiger charge is -2.22. The SMILES string of the molecule is CC(C)Cc1cc2[nH]cnc2c(CC2CCCCC2)c1F. The number of aromatic nitrogens is 2. The Morgan fingerprint density at radius 2 is 2.05 bits per heavy atom. The molecular weight excluding hydrogens is 263 g/mol.